The van der Waals surface area contributed by atoms with E-state index >= 15 is 0 Å². The highest BCUT2D eigenvalue weighted by Gasteiger charge is 2.42. The Hall–Kier alpha value is -0.770. The minimum atomic E-state index is -0.425. The molecule has 1 aliphatic carbocycles. The van der Waals surface area contributed by atoms with Gasteiger partial charge in [-0.3, -0.25) is 0 Å². The topological polar surface area (TPSA) is 61.4 Å². The standard InChI is InChI=1S/C14H28N2O2/c1-4-5-12(17)9-15-13(18)16-10-14(6-7-14)8-11(2)3/h11-12,17H,4-10H2,1-3H3,(H2,15,16,18). The summed E-state index contributed by atoms with van der Waals surface area (Å²) in [5.41, 5.74) is 0.355. The van der Waals surface area contributed by atoms with E-state index in [1.807, 2.05) is 6.92 Å². The lowest BCUT2D eigenvalue weighted by molar-refractivity contribution is 0.160. The van der Waals surface area contributed by atoms with Gasteiger partial charge < -0.3 is 15.7 Å². The molecule has 1 unspecified atom stereocenters. The van der Waals surface area contributed by atoms with Crippen molar-refractivity contribution in [3.8, 4) is 0 Å². The maximum Gasteiger partial charge on any atom is 0.314 e. The molecule has 0 aromatic carbocycles. The zero-order valence-corrected chi connectivity index (χ0v) is 12.0. The van der Waals surface area contributed by atoms with E-state index in [0.717, 1.165) is 19.4 Å². The lowest BCUT2D eigenvalue weighted by Crippen LogP contribution is -2.42. The van der Waals surface area contributed by atoms with Crippen molar-refractivity contribution in [2.45, 2.75) is 59.0 Å². The first-order valence-electron chi connectivity index (χ1n) is 7.17. The molecule has 0 aromatic heterocycles. The third kappa shape index (κ3) is 5.71. The molecule has 4 nitrogen and oxygen atoms in total. The highest BCUT2D eigenvalue weighted by molar-refractivity contribution is 5.73. The van der Waals surface area contributed by atoms with Gasteiger partial charge in [-0.2, -0.15) is 0 Å². The fourth-order valence-corrected chi connectivity index (χ4v) is 2.47. The molecule has 1 atom stereocenters. The summed E-state index contributed by atoms with van der Waals surface area (Å²) in [6.45, 7) is 7.58. The highest BCUT2D eigenvalue weighted by Crippen LogP contribution is 2.49. The van der Waals surface area contributed by atoms with E-state index in [4.69, 9.17) is 0 Å². The predicted molar refractivity (Wildman–Crippen MR) is 73.4 cm³/mol. The summed E-state index contributed by atoms with van der Waals surface area (Å²) in [4.78, 5) is 11.6. The lowest BCUT2D eigenvalue weighted by atomic mass is 9.94. The second-order valence-corrected chi connectivity index (χ2v) is 6.10. The molecule has 1 fully saturated rings. The van der Waals surface area contributed by atoms with Gasteiger partial charge >= 0.3 is 6.03 Å². The van der Waals surface area contributed by atoms with E-state index < -0.39 is 6.10 Å². The van der Waals surface area contributed by atoms with Crippen LogP contribution >= 0.6 is 0 Å². The fraction of sp³-hybridized carbons (Fsp3) is 0.929. The molecular formula is C14H28N2O2. The zero-order chi connectivity index (χ0) is 13.6. The van der Waals surface area contributed by atoms with Crippen LogP contribution in [0.2, 0.25) is 0 Å². The number of rotatable bonds is 8. The lowest BCUT2D eigenvalue weighted by Gasteiger charge is -2.19. The summed E-state index contributed by atoms with van der Waals surface area (Å²) in [7, 11) is 0. The van der Waals surface area contributed by atoms with Crippen molar-refractivity contribution in [2.24, 2.45) is 11.3 Å². The van der Waals surface area contributed by atoms with Crippen LogP contribution in [0.3, 0.4) is 0 Å². The first-order valence-corrected chi connectivity index (χ1v) is 7.17. The summed E-state index contributed by atoms with van der Waals surface area (Å²) in [6, 6.07) is -0.153. The third-order valence-electron chi connectivity index (χ3n) is 3.54. The summed E-state index contributed by atoms with van der Waals surface area (Å²) < 4.78 is 0. The van der Waals surface area contributed by atoms with Gasteiger partial charge in [0.25, 0.3) is 0 Å². The molecular weight excluding hydrogens is 228 g/mol. The largest absolute Gasteiger partial charge is 0.391 e. The number of hydrogen-bond donors (Lipinski definition) is 3. The van der Waals surface area contributed by atoms with Crippen molar-refractivity contribution >= 4 is 6.03 Å². The first-order chi connectivity index (χ1) is 8.47. The predicted octanol–water partition coefficient (Wildman–Crippen LogP) is 2.27. The number of hydrogen-bond acceptors (Lipinski definition) is 2. The monoisotopic (exact) mass is 256 g/mol. The minimum Gasteiger partial charge on any atom is -0.391 e. The van der Waals surface area contributed by atoms with Crippen LogP contribution in [0.25, 0.3) is 0 Å². The molecule has 2 amide bonds. The van der Waals surface area contributed by atoms with Gasteiger partial charge in [0.2, 0.25) is 0 Å². The quantitative estimate of drug-likeness (QED) is 0.624. The zero-order valence-electron chi connectivity index (χ0n) is 12.0. The van der Waals surface area contributed by atoms with Crippen LogP contribution in [0, 0.1) is 11.3 Å². The number of aliphatic hydroxyl groups excluding tert-OH is 1. The molecule has 1 aliphatic rings. The van der Waals surface area contributed by atoms with Crippen LogP contribution in [-0.2, 0) is 0 Å². The molecule has 3 N–H and O–H groups in total. The van der Waals surface area contributed by atoms with Crippen LogP contribution in [0.1, 0.15) is 52.9 Å². The van der Waals surface area contributed by atoms with Gasteiger partial charge in [0, 0.05) is 13.1 Å². The molecule has 1 saturated carbocycles. The molecule has 0 saturated heterocycles. The van der Waals surface area contributed by atoms with Gasteiger partial charge in [0.05, 0.1) is 6.10 Å². The Labute approximate surface area is 111 Å². The first kappa shape index (κ1) is 15.3. The smallest absolute Gasteiger partial charge is 0.314 e. The SMILES string of the molecule is CCCC(O)CNC(=O)NCC1(CC(C)C)CC1. The summed E-state index contributed by atoms with van der Waals surface area (Å²) in [6.07, 6.45) is 4.88. The molecule has 4 heteroatoms. The summed E-state index contributed by atoms with van der Waals surface area (Å²) in [5.74, 6) is 0.684. The molecule has 0 aromatic rings. The van der Waals surface area contributed by atoms with Crippen molar-refractivity contribution in [2.75, 3.05) is 13.1 Å². The Balaban J connectivity index is 2.13. The Bertz CT molecular complexity index is 263. The van der Waals surface area contributed by atoms with E-state index in [2.05, 4.69) is 24.5 Å². The van der Waals surface area contributed by atoms with Gasteiger partial charge in [-0.15, -0.1) is 0 Å². The van der Waals surface area contributed by atoms with Crippen molar-refractivity contribution in [3.05, 3.63) is 0 Å². The van der Waals surface area contributed by atoms with Crippen molar-refractivity contribution in [1.29, 1.82) is 0 Å². The molecule has 0 bridgehead atoms. The maximum absolute atomic E-state index is 11.6. The van der Waals surface area contributed by atoms with Crippen LogP contribution in [0.4, 0.5) is 4.79 Å². The average molecular weight is 256 g/mol. The molecule has 18 heavy (non-hydrogen) atoms. The van der Waals surface area contributed by atoms with Gasteiger partial charge in [-0.25, -0.2) is 4.79 Å². The second kappa shape index (κ2) is 6.98. The van der Waals surface area contributed by atoms with Gasteiger partial charge in [0.1, 0.15) is 0 Å². The number of urea groups is 1. The highest BCUT2D eigenvalue weighted by atomic mass is 16.3. The second-order valence-electron chi connectivity index (χ2n) is 6.10. The Morgan fingerprint density at radius 3 is 2.50 bits per heavy atom. The molecule has 106 valence electrons. The summed E-state index contributed by atoms with van der Waals surface area (Å²) in [5, 5.41) is 15.2. The van der Waals surface area contributed by atoms with Crippen molar-refractivity contribution < 1.29 is 9.90 Å². The fourth-order valence-electron chi connectivity index (χ4n) is 2.47. The number of carbonyl (C=O) groups excluding carboxylic acids is 1. The molecule has 0 aliphatic heterocycles. The Kier molecular flexibility index (Phi) is 5.93. The Morgan fingerprint density at radius 1 is 1.33 bits per heavy atom. The van der Waals surface area contributed by atoms with E-state index in [-0.39, 0.29) is 6.03 Å². The molecule has 1 rings (SSSR count). The van der Waals surface area contributed by atoms with Crippen molar-refractivity contribution in [1.82, 2.24) is 10.6 Å². The molecule has 0 heterocycles. The number of nitrogens with one attached hydrogen (secondary N) is 2. The van der Waals surface area contributed by atoms with E-state index in [1.165, 1.54) is 19.3 Å². The van der Waals surface area contributed by atoms with Crippen LogP contribution in [-0.4, -0.2) is 30.3 Å². The van der Waals surface area contributed by atoms with Gasteiger partial charge in [0.15, 0.2) is 0 Å². The van der Waals surface area contributed by atoms with Crippen LogP contribution in [0.5, 0.6) is 0 Å². The summed E-state index contributed by atoms with van der Waals surface area (Å²) >= 11 is 0. The average Bonchev–Trinajstić information content (AvgIpc) is 3.03. The van der Waals surface area contributed by atoms with Crippen LogP contribution in [0.15, 0.2) is 0 Å². The van der Waals surface area contributed by atoms with E-state index in [9.17, 15) is 9.90 Å². The number of aliphatic hydroxyl groups is 1. The third-order valence-corrected chi connectivity index (χ3v) is 3.54. The van der Waals surface area contributed by atoms with E-state index in [0.29, 0.717) is 17.9 Å². The van der Waals surface area contributed by atoms with E-state index in [1.54, 1.807) is 0 Å². The van der Waals surface area contributed by atoms with Crippen molar-refractivity contribution in [3.63, 3.8) is 0 Å². The molecule has 0 radical (unpaired) electrons. The van der Waals surface area contributed by atoms with Crippen LogP contribution < -0.4 is 10.6 Å². The normalized spacial score (nSPS) is 18.5. The molecule has 0 spiro atoms. The maximum atomic E-state index is 11.6. The Morgan fingerprint density at radius 2 is 2.00 bits per heavy atom. The number of amides is 2. The minimum absolute atomic E-state index is 0.153. The van der Waals surface area contributed by atoms with Gasteiger partial charge in [-0.1, -0.05) is 27.2 Å². The van der Waals surface area contributed by atoms with Gasteiger partial charge in [-0.05, 0) is 37.0 Å². The number of carbonyl (C=O) groups is 1.